The molecule has 1 N–H and O–H groups in total. The molecule has 8 nitrogen and oxygen atoms in total. The molecule has 0 saturated carbocycles. The molecule has 0 radical (unpaired) electrons. The molecule has 0 fully saturated rings. The quantitative estimate of drug-likeness (QED) is 0.403. The summed E-state index contributed by atoms with van der Waals surface area (Å²) in [5, 5.41) is 6.01. The van der Waals surface area contributed by atoms with Crippen molar-refractivity contribution < 1.29 is 27.4 Å². The first-order valence-corrected chi connectivity index (χ1v) is 8.42. The molecule has 0 amide bonds. The Morgan fingerprint density at radius 2 is 2.00 bits per heavy atom. The van der Waals surface area contributed by atoms with Gasteiger partial charge in [-0.05, 0) is 6.92 Å². The van der Waals surface area contributed by atoms with Gasteiger partial charge in [0.15, 0.2) is 5.69 Å². The van der Waals surface area contributed by atoms with E-state index in [4.69, 9.17) is 24.9 Å². The van der Waals surface area contributed by atoms with Crippen LogP contribution in [0.4, 0.5) is 0 Å². The lowest BCUT2D eigenvalue weighted by atomic mass is 10.4. The van der Waals surface area contributed by atoms with Gasteiger partial charge in [0, 0.05) is 30.8 Å². The predicted octanol–water partition coefficient (Wildman–Crippen LogP) is 0.856. The standard InChI is InChI=1S/C11H17ClN2O6S/c1-8-10(21(12,16)17)9(14-13-8)11(15)20-5-3-4-19-7-6-18-2/h3-7H2,1-2H3,(H,13,14). The van der Waals surface area contributed by atoms with Gasteiger partial charge in [-0.2, -0.15) is 5.10 Å². The summed E-state index contributed by atoms with van der Waals surface area (Å²) in [6, 6.07) is 0. The summed E-state index contributed by atoms with van der Waals surface area (Å²) in [5.74, 6) is -0.851. The van der Waals surface area contributed by atoms with E-state index in [-0.39, 0.29) is 22.9 Å². The lowest BCUT2D eigenvalue weighted by molar-refractivity contribution is 0.0377. The highest BCUT2D eigenvalue weighted by molar-refractivity contribution is 8.13. The largest absolute Gasteiger partial charge is 0.461 e. The number of aryl methyl sites for hydroxylation is 1. The van der Waals surface area contributed by atoms with Crippen LogP contribution in [-0.4, -0.2) is 58.1 Å². The Labute approximate surface area is 127 Å². The van der Waals surface area contributed by atoms with Gasteiger partial charge in [0.05, 0.1) is 25.5 Å². The second-order valence-corrected chi connectivity index (χ2v) is 6.56. The topological polar surface area (TPSA) is 108 Å². The van der Waals surface area contributed by atoms with Crippen LogP contribution in [0.3, 0.4) is 0 Å². The van der Waals surface area contributed by atoms with Crippen molar-refractivity contribution in [1.82, 2.24) is 10.2 Å². The number of ether oxygens (including phenoxy) is 3. The number of hydrogen-bond acceptors (Lipinski definition) is 7. The van der Waals surface area contributed by atoms with Crippen LogP contribution < -0.4 is 0 Å². The highest BCUT2D eigenvalue weighted by Crippen LogP contribution is 2.22. The summed E-state index contributed by atoms with van der Waals surface area (Å²) in [5.41, 5.74) is -0.164. The maximum absolute atomic E-state index is 11.8. The maximum atomic E-state index is 11.8. The number of aromatic amines is 1. The number of aromatic nitrogens is 2. The van der Waals surface area contributed by atoms with Crippen LogP contribution in [0.1, 0.15) is 22.6 Å². The Bertz CT molecular complexity index is 571. The minimum Gasteiger partial charge on any atom is -0.461 e. The van der Waals surface area contributed by atoms with Crippen LogP contribution in [-0.2, 0) is 23.3 Å². The molecule has 0 aliphatic rings. The molecular weight excluding hydrogens is 324 g/mol. The van der Waals surface area contributed by atoms with Crippen LogP contribution in [0.2, 0.25) is 0 Å². The number of H-pyrrole nitrogens is 1. The number of methoxy groups -OCH3 is 1. The van der Waals surface area contributed by atoms with Gasteiger partial charge >= 0.3 is 5.97 Å². The molecule has 0 unspecified atom stereocenters. The predicted molar refractivity (Wildman–Crippen MR) is 74.0 cm³/mol. The number of carbonyl (C=O) groups excluding carboxylic acids is 1. The van der Waals surface area contributed by atoms with E-state index in [2.05, 4.69) is 10.2 Å². The first kappa shape index (κ1) is 17.9. The number of esters is 1. The van der Waals surface area contributed by atoms with E-state index in [9.17, 15) is 13.2 Å². The molecule has 1 aromatic rings. The maximum Gasteiger partial charge on any atom is 0.360 e. The molecule has 0 saturated heterocycles. The van der Waals surface area contributed by atoms with Gasteiger partial charge in [-0.15, -0.1) is 0 Å². The minimum atomic E-state index is -4.07. The molecule has 21 heavy (non-hydrogen) atoms. The number of carbonyl (C=O) groups is 1. The van der Waals surface area contributed by atoms with Crippen molar-refractivity contribution in [3.8, 4) is 0 Å². The summed E-state index contributed by atoms with van der Waals surface area (Å²) in [6.07, 6.45) is 0.474. The fraction of sp³-hybridized carbons (Fsp3) is 0.636. The molecule has 0 atom stereocenters. The molecule has 1 rings (SSSR count). The van der Waals surface area contributed by atoms with Crippen molar-refractivity contribution in [2.24, 2.45) is 0 Å². The van der Waals surface area contributed by atoms with Crippen molar-refractivity contribution in [3.05, 3.63) is 11.4 Å². The molecule has 0 spiro atoms. The van der Waals surface area contributed by atoms with Crippen LogP contribution in [0.15, 0.2) is 4.90 Å². The zero-order valence-electron chi connectivity index (χ0n) is 11.7. The SMILES string of the molecule is COCCOCCCOC(=O)c1n[nH]c(C)c1S(=O)(=O)Cl. The Morgan fingerprint density at radius 1 is 1.29 bits per heavy atom. The molecular formula is C11H17ClN2O6S. The van der Waals surface area contributed by atoms with Crippen molar-refractivity contribution in [1.29, 1.82) is 0 Å². The van der Waals surface area contributed by atoms with E-state index >= 15 is 0 Å². The van der Waals surface area contributed by atoms with Crippen LogP contribution in [0, 0.1) is 6.92 Å². The fourth-order valence-corrected chi connectivity index (χ4v) is 2.83. The molecule has 10 heteroatoms. The first-order valence-electron chi connectivity index (χ1n) is 6.11. The second kappa shape index (κ2) is 8.32. The summed E-state index contributed by atoms with van der Waals surface area (Å²) < 4.78 is 37.7. The lowest BCUT2D eigenvalue weighted by Crippen LogP contribution is -2.12. The molecule has 120 valence electrons. The zero-order chi connectivity index (χ0) is 15.9. The molecule has 1 heterocycles. The normalized spacial score (nSPS) is 11.6. The summed E-state index contributed by atoms with van der Waals surface area (Å²) >= 11 is 0. The van der Waals surface area contributed by atoms with Crippen molar-refractivity contribution in [2.45, 2.75) is 18.2 Å². The third-order valence-electron chi connectivity index (χ3n) is 2.43. The summed E-state index contributed by atoms with van der Waals surface area (Å²) in [4.78, 5) is 11.4. The second-order valence-electron chi connectivity index (χ2n) is 4.06. The van der Waals surface area contributed by atoms with Gasteiger partial charge in [-0.25, -0.2) is 13.2 Å². The van der Waals surface area contributed by atoms with E-state index < -0.39 is 15.0 Å². The highest BCUT2D eigenvalue weighted by atomic mass is 35.7. The first-order chi connectivity index (χ1) is 9.88. The number of halogens is 1. The molecule has 0 bridgehead atoms. The van der Waals surface area contributed by atoms with Gasteiger partial charge in [0.1, 0.15) is 4.90 Å². The van der Waals surface area contributed by atoms with Crippen LogP contribution in [0.25, 0.3) is 0 Å². The number of rotatable bonds is 9. The average molecular weight is 341 g/mol. The van der Waals surface area contributed by atoms with Gasteiger partial charge in [0.2, 0.25) is 0 Å². The van der Waals surface area contributed by atoms with E-state index in [0.717, 1.165) is 0 Å². The Morgan fingerprint density at radius 3 is 2.62 bits per heavy atom. The Kier molecular flexibility index (Phi) is 7.09. The third kappa shape index (κ3) is 5.62. The minimum absolute atomic E-state index is 0.0828. The van der Waals surface area contributed by atoms with Gasteiger partial charge < -0.3 is 14.2 Å². The lowest BCUT2D eigenvalue weighted by Gasteiger charge is -2.05. The van der Waals surface area contributed by atoms with E-state index in [1.807, 2.05) is 0 Å². The van der Waals surface area contributed by atoms with Crippen molar-refractivity contribution in [2.75, 3.05) is 33.5 Å². The van der Waals surface area contributed by atoms with E-state index in [1.54, 1.807) is 7.11 Å². The molecule has 0 aliphatic heterocycles. The van der Waals surface area contributed by atoms with Crippen LogP contribution >= 0.6 is 10.7 Å². The Balaban J connectivity index is 2.47. The van der Waals surface area contributed by atoms with Gasteiger partial charge in [0.25, 0.3) is 9.05 Å². The van der Waals surface area contributed by atoms with Crippen molar-refractivity contribution >= 4 is 25.7 Å². The fourth-order valence-electron chi connectivity index (χ4n) is 1.49. The number of nitrogens with zero attached hydrogens (tertiary/aromatic N) is 1. The molecule has 0 aromatic carbocycles. The van der Waals surface area contributed by atoms with Gasteiger partial charge in [-0.3, -0.25) is 5.10 Å². The number of nitrogens with one attached hydrogen (secondary N) is 1. The molecule has 0 aliphatic carbocycles. The zero-order valence-corrected chi connectivity index (χ0v) is 13.3. The van der Waals surface area contributed by atoms with E-state index in [0.29, 0.717) is 26.2 Å². The highest BCUT2D eigenvalue weighted by Gasteiger charge is 2.27. The third-order valence-corrected chi connectivity index (χ3v) is 3.88. The monoisotopic (exact) mass is 340 g/mol. The Hall–Kier alpha value is -1.16. The summed E-state index contributed by atoms with van der Waals surface area (Å²) in [6.45, 7) is 2.87. The van der Waals surface area contributed by atoms with Crippen LogP contribution in [0.5, 0.6) is 0 Å². The van der Waals surface area contributed by atoms with Crippen molar-refractivity contribution in [3.63, 3.8) is 0 Å². The molecule has 1 aromatic heterocycles. The van der Waals surface area contributed by atoms with E-state index in [1.165, 1.54) is 6.92 Å². The van der Waals surface area contributed by atoms with Gasteiger partial charge in [-0.1, -0.05) is 0 Å². The summed E-state index contributed by atoms with van der Waals surface area (Å²) in [7, 11) is 2.76. The smallest absolute Gasteiger partial charge is 0.360 e. The number of hydrogen-bond donors (Lipinski definition) is 1. The average Bonchev–Trinajstić information content (AvgIpc) is 2.79.